The van der Waals surface area contributed by atoms with Crippen LogP contribution >= 0.6 is 11.8 Å². The maximum Gasteiger partial charge on any atom is 0.262 e. The molecule has 0 bridgehead atoms. The minimum absolute atomic E-state index is 0.139. The maximum atomic E-state index is 12.9. The Balaban J connectivity index is 1.62. The van der Waals surface area contributed by atoms with Crippen molar-refractivity contribution in [2.24, 2.45) is 0 Å². The van der Waals surface area contributed by atoms with Gasteiger partial charge in [-0.25, -0.2) is 4.98 Å². The summed E-state index contributed by atoms with van der Waals surface area (Å²) in [5.74, 6) is 0.849. The first-order valence-electron chi connectivity index (χ1n) is 8.61. The molecular weight excluding hydrogens is 366 g/mol. The Bertz CT molecular complexity index is 1040. The quantitative estimate of drug-likeness (QED) is 0.369. The van der Waals surface area contributed by atoms with Crippen molar-refractivity contribution in [1.82, 2.24) is 14.5 Å². The van der Waals surface area contributed by atoms with Crippen LogP contribution in [0.1, 0.15) is 18.6 Å². The second kappa shape index (κ2) is 7.40. The number of amides is 2. The SMILES string of the molecule is O=C1CCC(=O)N1CCSc1nc2ccccc2c(=O)n1Cc1ccco1. The highest BCUT2D eigenvalue weighted by molar-refractivity contribution is 7.99. The minimum Gasteiger partial charge on any atom is -0.467 e. The number of likely N-dealkylation sites (tertiary alicyclic amines) is 1. The standard InChI is InChI=1S/C19H17N3O4S/c23-16-7-8-17(24)21(16)9-11-27-19-20-15-6-2-1-5-14(15)18(25)22(19)12-13-4-3-10-26-13/h1-6,10H,7-9,11-12H2. The van der Waals surface area contributed by atoms with E-state index < -0.39 is 0 Å². The van der Waals surface area contributed by atoms with Gasteiger partial charge in [-0.2, -0.15) is 0 Å². The van der Waals surface area contributed by atoms with Crippen molar-refractivity contribution in [3.05, 3.63) is 58.8 Å². The van der Waals surface area contributed by atoms with Crippen molar-refractivity contribution >= 4 is 34.5 Å². The van der Waals surface area contributed by atoms with E-state index in [0.29, 0.717) is 34.1 Å². The highest BCUT2D eigenvalue weighted by Crippen LogP contribution is 2.20. The van der Waals surface area contributed by atoms with Crippen LogP contribution in [0.2, 0.25) is 0 Å². The molecule has 27 heavy (non-hydrogen) atoms. The molecule has 1 aliphatic rings. The van der Waals surface area contributed by atoms with Gasteiger partial charge < -0.3 is 4.42 Å². The summed E-state index contributed by atoms with van der Waals surface area (Å²) in [7, 11) is 0. The lowest BCUT2D eigenvalue weighted by molar-refractivity contribution is -0.137. The molecule has 1 aromatic carbocycles. The number of aromatic nitrogens is 2. The fourth-order valence-corrected chi connectivity index (χ4v) is 3.98. The summed E-state index contributed by atoms with van der Waals surface area (Å²) in [5.41, 5.74) is 0.474. The van der Waals surface area contributed by atoms with E-state index in [0.717, 1.165) is 0 Å². The Labute approximate surface area is 159 Å². The minimum atomic E-state index is -0.146. The third-order valence-electron chi connectivity index (χ3n) is 4.42. The van der Waals surface area contributed by atoms with Crippen molar-refractivity contribution in [2.75, 3.05) is 12.3 Å². The first kappa shape index (κ1) is 17.5. The fraction of sp³-hybridized carbons (Fsp3) is 0.263. The molecule has 7 nitrogen and oxygen atoms in total. The lowest BCUT2D eigenvalue weighted by Gasteiger charge is -2.15. The van der Waals surface area contributed by atoms with Crippen molar-refractivity contribution in [3.63, 3.8) is 0 Å². The molecule has 0 radical (unpaired) electrons. The summed E-state index contributed by atoms with van der Waals surface area (Å²) in [4.78, 5) is 42.3. The number of hydrogen-bond acceptors (Lipinski definition) is 6. The van der Waals surface area contributed by atoms with E-state index in [9.17, 15) is 14.4 Å². The monoisotopic (exact) mass is 383 g/mol. The third kappa shape index (κ3) is 3.52. The van der Waals surface area contributed by atoms with Gasteiger partial charge in [0.2, 0.25) is 11.8 Å². The fourth-order valence-electron chi connectivity index (χ4n) is 3.06. The Hall–Kier alpha value is -2.87. The van der Waals surface area contributed by atoms with Gasteiger partial charge in [-0.05, 0) is 24.3 Å². The molecule has 0 atom stereocenters. The van der Waals surface area contributed by atoms with E-state index >= 15 is 0 Å². The van der Waals surface area contributed by atoms with E-state index in [1.165, 1.54) is 16.7 Å². The number of benzene rings is 1. The third-order valence-corrected chi connectivity index (χ3v) is 5.38. The number of nitrogens with zero attached hydrogens (tertiary/aromatic N) is 3. The van der Waals surface area contributed by atoms with Gasteiger partial charge in [0.1, 0.15) is 5.76 Å². The van der Waals surface area contributed by atoms with Crippen LogP contribution in [0, 0.1) is 0 Å². The van der Waals surface area contributed by atoms with Crippen molar-refractivity contribution < 1.29 is 14.0 Å². The Morgan fingerprint density at radius 2 is 1.81 bits per heavy atom. The molecule has 0 saturated carbocycles. The molecule has 1 aliphatic heterocycles. The van der Waals surface area contributed by atoms with E-state index in [2.05, 4.69) is 4.98 Å². The first-order chi connectivity index (χ1) is 13.1. The molecule has 1 fully saturated rings. The highest BCUT2D eigenvalue weighted by Gasteiger charge is 2.28. The predicted octanol–water partition coefficient (Wildman–Crippen LogP) is 2.28. The van der Waals surface area contributed by atoms with Crippen LogP contribution in [0.25, 0.3) is 10.9 Å². The van der Waals surface area contributed by atoms with Crippen molar-refractivity contribution in [2.45, 2.75) is 24.5 Å². The molecular formula is C19H17N3O4S. The molecule has 8 heteroatoms. The van der Waals surface area contributed by atoms with E-state index in [-0.39, 0.29) is 36.8 Å². The van der Waals surface area contributed by atoms with Gasteiger partial charge in [-0.3, -0.25) is 23.9 Å². The van der Waals surface area contributed by atoms with Crippen LogP contribution < -0.4 is 5.56 Å². The summed E-state index contributed by atoms with van der Waals surface area (Å²) in [6.45, 7) is 0.583. The van der Waals surface area contributed by atoms with Gasteiger partial charge in [0.25, 0.3) is 5.56 Å². The van der Waals surface area contributed by atoms with Crippen LogP contribution in [0.3, 0.4) is 0 Å². The van der Waals surface area contributed by atoms with Gasteiger partial charge in [0.05, 0.1) is 23.7 Å². The second-order valence-electron chi connectivity index (χ2n) is 6.17. The zero-order valence-corrected chi connectivity index (χ0v) is 15.3. The summed E-state index contributed by atoms with van der Waals surface area (Å²) in [6.07, 6.45) is 2.12. The number of para-hydroxylation sites is 1. The molecule has 4 rings (SSSR count). The van der Waals surface area contributed by atoms with E-state index in [4.69, 9.17) is 4.42 Å². The van der Waals surface area contributed by atoms with Crippen LogP contribution in [0.4, 0.5) is 0 Å². The van der Waals surface area contributed by atoms with Crippen molar-refractivity contribution in [1.29, 1.82) is 0 Å². The molecule has 0 N–H and O–H groups in total. The lowest BCUT2D eigenvalue weighted by atomic mass is 10.2. The molecule has 2 aromatic heterocycles. The normalized spacial score (nSPS) is 14.4. The molecule has 138 valence electrons. The van der Waals surface area contributed by atoms with Gasteiger partial charge in [0.15, 0.2) is 5.16 Å². The zero-order valence-electron chi connectivity index (χ0n) is 14.5. The number of carbonyl (C=O) groups excluding carboxylic acids is 2. The van der Waals surface area contributed by atoms with Gasteiger partial charge in [-0.1, -0.05) is 23.9 Å². The molecule has 2 amide bonds. The number of hydrogen-bond donors (Lipinski definition) is 0. The van der Waals surface area contributed by atoms with Gasteiger partial charge >= 0.3 is 0 Å². The predicted molar refractivity (Wildman–Crippen MR) is 100 cm³/mol. The topological polar surface area (TPSA) is 85.4 Å². The highest BCUT2D eigenvalue weighted by atomic mass is 32.2. The van der Waals surface area contributed by atoms with Gasteiger partial charge in [-0.15, -0.1) is 0 Å². The van der Waals surface area contributed by atoms with Crippen LogP contribution in [0.15, 0.2) is 57.0 Å². The second-order valence-corrected chi connectivity index (χ2v) is 7.23. The lowest BCUT2D eigenvalue weighted by Crippen LogP contribution is -2.31. The Morgan fingerprint density at radius 3 is 2.56 bits per heavy atom. The number of rotatable bonds is 6. The summed E-state index contributed by atoms with van der Waals surface area (Å²) < 4.78 is 6.95. The number of imide groups is 1. The Morgan fingerprint density at radius 1 is 1.04 bits per heavy atom. The number of furan rings is 1. The van der Waals surface area contributed by atoms with E-state index in [1.807, 2.05) is 6.07 Å². The maximum absolute atomic E-state index is 12.9. The van der Waals surface area contributed by atoms with Crippen LogP contribution in [-0.2, 0) is 16.1 Å². The molecule has 0 spiro atoms. The smallest absolute Gasteiger partial charge is 0.262 e. The van der Waals surface area contributed by atoms with Gasteiger partial charge in [0, 0.05) is 25.1 Å². The zero-order chi connectivity index (χ0) is 18.8. The molecule has 0 unspecified atom stereocenters. The average molecular weight is 383 g/mol. The number of carbonyl (C=O) groups is 2. The Kier molecular flexibility index (Phi) is 4.81. The summed E-state index contributed by atoms with van der Waals surface area (Å²) in [5, 5.41) is 1.08. The number of thioether (sulfide) groups is 1. The molecule has 3 heterocycles. The van der Waals surface area contributed by atoms with Crippen LogP contribution in [-0.4, -0.2) is 38.6 Å². The largest absolute Gasteiger partial charge is 0.467 e. The average Bonchev–Trinajstić information content (AvgIpc) is 3.29. The molecule has 3 aromatic rings. The summed E-state index contributed by atoms with van der Waals surface area (Å²) in [6, 6.07) is 10.8. The van der Waals surface area contributed by atoms with Crippen molar-refractivity contribution in [3.8, 4) is 0 Å². The molecule has 0 aliphatic carbocycles. The molecule has 1 saturated heterocycles. The van der Waals surface area contributed by atoms with Crippen LogP contribution in [0.5, 0.6) is 0 Å². The first-order valence-corrected chi connectivity index (χ1v) is 9.60. The number of fused-ring (bicyclic) bond motifs is 1. The summed E-state index contributed by atoms with van der Waals surface area (Å²) >= 11 is 1.35. The van der Waals surface area contributed by atoms with E-state index in [1.54, 1.807) is 41.2 Å².